The Kier molecular flexibility index (Phi) is 4.06. The molecule has 6 nitrogen and oxygen atoms in total. The van der Waals surface area contributed by atoms with Gasteiger partial charge in [-0.05, 0) is 24.6 Å². The molecule has 1 aromatic heterocycles. The van der Waals surface area contributed by atoms with E-state index in [0.29, 0.717) is 25.4 Å². The normalized spacial score (nSPS) is 15.5. The fourth-order valence-corrected chi connectivity index (χ4v) is 2.39. The summed E-state index contributed by atoms with van der Waals surface area (Å²) in [5.41, 5.74) is 0.796. The van der Waals surface area contributed by atoms with Crippen LogP contribution in [0.5, 0.6) is 11.5 Å². The first-order chi connectivity index (χ1) is 10.3. The van der Waals surface area contributed by atoms with Crippen LogP contribution in [0.1, 0.15) is 30.8 Å². The molecule has 0 fully saturated rings. The minimum absolute atomic E-state index is 0.424. The Morgan fingerprint density at radius 1 is 1.29 bits per heavy atom. The van der Waals surface area contributed by atoms with E-state index in [0.717, 1.165) is 30.1 Å². The van der Waals surface area contributed by atoms with Crippen molar-refractivity contribution in [3.8, 4) is 11.5 Å². The van der Waals surface area contributed by atoms with Crippen molar-refractivity contribution in [1.29, 1.82) is 0 Å². The molecule has 0 saturated heterocycles. The number of benzene rings is 1. The average molecular weight is 289 g/mol. The van der Waals surface area contributed by atoms with Gasteiger partial charge in [0.15, 0.2) is 11.5 Å². The van der Waals surface area contributed by atoms with Crippen LogP contribution in [0.2, 0.25) is 0 Å². The van der Waals surface area contributed by atoms with Gasteiger partial charge in [-0.1, -0.05) is 6.07 Å². The van der Waals surface area contributed by atoms with E-state index in [9.17, 15) is 5.11 Å². The van der Waals surface area contributed by atoms with E-state index in [1.165, 1.54) is 6.33 Å². The van der Waals surface area contributed by atoms with E-state index in [1.54, 1.807) is 4.68 Å². The van der Waals surface area contributed by atoms with Gasteiger partial charge in [0.05, 0.1) is 19.3 Å². The predicted octanol–water partition coefficient (Wildman–Crippen LogP) is 1.74. The summed E-state index contributed by atoms with van der Waals surface area (Å²) in [6.07, 6.45) is 2.16. The van der Waals surface area contributed by atoms with E-state index in [1.807, 2.05) is 25.1 Å². The molecule has 1 atom stereocenters. The van der Waals surface area contributed by atoms with Crippen molar-refractivity contribution in [1.82, 2.24) is 14.8 Å². The molecule has 2 heterocycles. The summed E-state index contributed by atoms with van der Waals surface area (Å²) in [7, 11) is 0. The average Bonchev–Trinajstić information content (AvgIpc) is 2.81. The van der Waals surface area contributed by atoms with Gasteiger partial charge in [-0.3, -0.25) is 4.68 Å². The lowest BCUT2D eigenvalue weighted by atomic mass is 10.1. The van der Waals surface area contributed by atoms with Crippen LogP contribution in [0.3, 0.4) is 0 Å². The molecule has 1 N–H and O–H groups in total. The number of aliphatic hydroxyl groups is 1. The van der Waals surface area contributed by atoms with E-state index in [4.69, 9.17) is 9.47 Å². The number of aromatic nitrogens is 3. The Balaban J connectivity index is 1.78. The Hall–Kier alpha value is -2.08. The molecule has 3 rings (SSSR count). The molecule has 0 amide bonds. The highest BCUT2D eigenvalue weighted by Gasteiger charge is 2.17. The minimum Gasteiger partial charge on any atom is -0.490 e. The molecule has 2 aromatic rings. The maximum absolute atomic E-state index is 10.4. The Labute approximate surface area is 123 Å². The van der Waals surface area contributed by atoms with E-state index >= 15 is 0 Å². The second-order valence-corrected chi connectivity index (χ2v) is 4.97. The zero-order valence-corrected chi connectivity index (χ0v) is 12.0. The van der Waals surface area contributed by atoms with Crippen LogP contribution in [0.4, 0.5) is 0 Å². The fourth-order valence-electron chi connectivity index (χ4n) is 2.39. The van der Waals surface area contributed by atoms with Crippen LogP contribution < -0.4 is 9.47 Å². The molecular weight excluding hydrogens is 270 g/mol. The summed E-state index contributed by atoms with van der Waals surface area (Å²) in [5, 5.41) is 14.5. The standard InChI is InChI=1S/C15H19N3O3/c1-2-18-15(16-10-17-18)9-12(19)11-4-5-13-14(8-11)21-7-3-6-20-13/h4-5,8,10,12,19H,2-3,6-7,9H2,1H3. The first-order valence-corrected chi connectivity index (χ1v) is 7.22. The van der Waals surface area contributed by atoms with Gasteiger partial charge in [0.2, 0.25) is 0 Å². The van der Waals surface area contributed by atoms with Crippen molar-refractivity contribution in [3.63, 3.8) is 0 Å². The number of hydrogen-bond donors (Lipinski definition) is 1. The Morgan fingerprint density at radius 2 is 2.10 bits per heavy atom. The maximum atomic E-state index is 10.4. The number of hydrogen-bond acceptors (Lipinski definition) is 5. The number of aryl methyl sites for hydroxylation is 1. The molecule has 0 aliphatic carbocycles. The molecule has 1 aromatic carbocycles. The van der Waals surface area contributed by atoms with Gasteiger partial charge in [-0.2, -0.15) is 5.10 Å². The molecule has 1 unspecified atom stereocenters. The van der Waals surface area contributed by atoms with E-state index in [2.05, 4.69) is 10.1 Å². The van der Waals surface area contributed by atoms with Gasteiger partial charge >= 0.3 is 0 Å². The fraction of sp³-hybridized carbons (Fsp3) is 0.467. The number of nitrogens with zero attached hydrogens (tertiary/aromatic N) is 3. The van der Waals surface area contributed by atoms with Crippen LogP contribution in [-0.4, -0.2) is 33.1 Å². The molecule has 0 bridgehead atoms. The number of fused-ring (bicyclic) bond motifs is 1. The first-order valence-electron chi connectivity index (χ1n) is 7.22. The number of rotatable bonds is 4. The molecule has 0 radical (unpaired) electrons. The third kappa shape index (κ3) is 3.00. The quantitative estimate of drug-likeness (QED) is 0.928. The highest BCUT2D eigenvalue weighted by atomic mass is 16.5. The zero-order chi connectivity index (χ0) is 14.7. The van der Waals surface area contributed by atoms with Crippen LogP contribution in [-0.2, 0) is 13.0 Å². The molecule has 0 saturated carbocycles. The highest BCUT2D eigenvalue weighted by molar-refractivity contribution is 5.44. The van der Waals surface area contributed by atoms with Gasteiger partial charge in [0, 0.05) is 19.4 Å². The third-order valence-corrected chi connectivity index (χ3v) is 3.53. The smallest absolute Gasteiger partial charge is 0.161 e. The van der Waals surface area contributed by atoms with Crippen molar-refractivity contribution < 1.29 is 14.6 Å². The monoisotopic (exact) mass is 289 g/mol. The van der Waals surface area contributed by atoms with Crippen molar-refractivity contribution in [3.05, 3.63) is 35.9 Å². The summed E-state index contributed by atoms with van der Waals surface area (Å²) in [4.78, 5) is 4.19. The largest absolute Gasteiger partial charge is 0.490 e. The molecular formula is C15H19N3O3. The Bertz CT molecular complexity index is 612. The van der Waals surface area contributed by atoms with E-state index in [-0.39, 0.29) is 0 Å². The first kappa shape index (κ1) is 13.9. The molecule has 1 aliphatic rings. The van der Waals surface area contributed by atoms with Crippen LogP contribution >= 0.6 is 0 Å². The third-order valence-electron chi connectivity index (χ3n) is 3.53. The van der Waals surface area contributed by atoms with Gasteiger partial charge in [-0.15, -0.1) is 0 Å². The summed E-state index contributed by atoms with van der Waals surface area (Å²) in [5.74, 6) is 2.21. The number of aliphatic hydroxyl groups excluding tert-OH is 1. The second kappa shape index (κ2) is 6.13. The van der Waals surface area contributed by atoms with Gasteiger partial charge in [0.1, 0.15) is 12.2 Å². The molecule has 1 aliphatic heterocycles. The number of ether oxygens (including phenoxy) is 2. The zero-order valence-electron chi connectivity index (χ0n) is 12.0. The van der Waals surface area contributed by atoms with Crippen molar-refractivity contribution in [2.75, 3.05) is 13.2 Å². The van der Waals surface area contributed by atoms with Gasteiger partial charge in [0.25, 0.3) is 0 Å². The van der Waals surface area contributed by atoms with Gasteiger partial charge in [-0.25, -0.2) is 4.98 Å². The Morgan fingerprint density at radius 3 is 2.90 bits per heavy atom. The predicted molar refractivity (Wildman–Crippen MR) is 76.4 cm³/mol. The summed E-state index contributed by atoms with van der Waals surface area (Å²) in [6, 6.07) is 5.56. The summed E-state index contributed by atoms with van der Waals surface area (Å²) in [6.45, 7) is 4.03. The molecule has 6 heteroatoms. The SMILES string of the molecule is CCn1ncnc1CC(O)c1ccc2c(c1)OCCCO2. The topological polar surface area (TPSA) is 69.4 Å². The highest BCUT2D eigenvalue weighted by Crippen LogP contribution is 2.32. The lowest BCUT2D eigenvalue weighted by Gasteiger charge is -2.14. The summed E-state index contributed by atoms with van der Waals surface area (Å²) < 4.78 is 13.0. The second-order valence-electron chi connectivity index (χ2n) is 4.97. The van der Waals surface area contributed by atoms with Crippen LogP contribution in [0, 0.1) is 0 Å². The van der Waals surface area contributed by atoms with E-state index < -0.39 is 6.10 Å². The molecule has 21 heavy (non-hydrogen) atoms. The molecule has 112 valence electrons. The van der Waals surface area contributed by atoms with Crippen molar-refractivity contribution >= 4 is 0 Å². The van der Waals surface area contributed by atoms with Crippen molar-refractivity contribution in [2.24, 2.45) is 0 Å². The minimum atomic E-state index is -0.642. The van der Waals surface area contributed by atoms with Crippen LogP contribution in [0.25, 0.3) is 0 Å². The maximum Gasteiger partial charge on any atom is 0.161 e. The van der Waals surface area contributed by atoms with Gasteiger partial charge < -0.3 is 14.6 Å². The van der Waals surface area contributed by atoms with Crippen LogP contribution in [0.15, 0.2) is 24.5 Å². The summed E-state index contributed by atoms with van der Waals surface area (Å²) >= 11 is 0. The molecule has 0 spiro atoms. The van der Waals surface area contributed by atoms with Crippen molar-refractivity contribution in [2.45, 2.75) is 32.4 Å². The lowest BCUT2D eigenvalue weighted by molar-refractivity contribution is 0.173. The lowest BCUT2D eigenvalue weighted by Crippen LogP contribution is -2.09.